The quantitative estimate of drug-likeness (QED) is 0.324. The molecule has 5 nitrogen and oxygen atoms in total. The number of carbonyl (C=O) groups is 1. The summed E-state index contributed by atoms with van der Waals surface area (Å²) in [6.45, 7) is 5.48. The first-order valence-corrected chi connectivity index (χ1v) is 11.6. The van der Waals surface area contributed by atoms with Crippen LogP contribution in [0.15, 0.2) is 58.4 Å². The number of hydrogen-bond acceptors (Lipinski definition) is 5. The Morgan fingerprint density at radius 1 is 1.03 bits per heavy atom. The molecule has 0 N–H and O–H groups in total. The highest BCUT2D eigenvalue weighted by molar-refractivity contribution is 8.18. The van der Waals surface area contributed by atoms with Gasteiger partial charge in [0.2, 0.25) is 0 Å². The molecule has 164 valence electrons. The molecule has 0 unspecified atom stereocenters. The van der Waals surface area contributed by atoms with Crippen LogP contribution in [-0.2, 0) is 4.79 Å². The number of amidine groups is 1. The van der Waals surface area contributed by atoms with Gasteiger partial charge in [0.1, 0.15) is 0 Å². The SMILES string of the molecule is CCCCCOc1c(/C=C2/SC(=Nc3ccccc3)N(CCC)C2=O)cccc1OC. The molecule has 1 heterocycles. The highest BCUT2D eigenvalue weighted by Gasteiger charge is 2.33. The van der Waals surface area contributed by atoms with Crippen molar-refractivity contribution in [3.63, 3.8) is 0 Å². The Labute approximate surface area is 189 Å². The van der Waals surface area contributed by atoms with E-state index in [0.717, 1.165) is 36.9 Å². The first-order valence-electron chi connectivity index (χ1n) is 10.8. The van der Waals surface area contributed by atoms with Crippen molar-refractivity contribution in [2.45, 2.75) is 39.5 Å². The molecule has 1 aliphatic rings. The second kappa shape index (κ2) is 11.6. The summed E-state index contributed by atoms with van der Waals surface area (Å²) in [4.78, 5) is 20.3. The molecule has 2 aromatic rings. The van der Waals surface area contributed by atoms with Crippen LogP contribution in [0.2, 0.25) is 0 Å². The number of amides is 1. The van der Waals surface area contributed by atoms with Crippen molar-refractivity contribution >= 4 is 34.6 Å². The maximum absolute atomic E-state index is 13.1. The molecule has 0 radical (unpaired) electrons. The Morgan fingerprint density at radius 2 is 1.84 bits per heavy atom. The monoisotopic (exact) mass is 438 g/mol. The summed E-state index contributed by atoms with van der Waals surface area (Å²) in [6, 6.07) is 15.5. The van der Waals surface area contributed by atoms with Crippen molar-refractivity contribution in [1.82, 2.24) is 4.90 Å². The first kappa shape index (κ1) is 22.9. The number of para-hydroxylation sites is 2. The van der Waals surface area contributed by atoms with Crippen LogP contribution < -0.4 is 9.47 Å². The number of nitrogens with zero attached hydrogens (tertiary/aromatic N) is 2. The average Bonchev–Trinajstić information content (AvgIpc) is 3.07. The second-order valence-electron chi connectivity index (χ2n) is 7.23. The molecule has 0 spiro atoms. The van der Waals surface area contributed by atoms with Gasteiger partial charge in [-0.05, 0) is 48.9 Å². The molecular formula is C25H30N2O3S. The van der Waals surface area contributed by atoms with E-state index in [4.69, 9.17) is 14.5 Å². The van der Waals surface area contributed by atoms with Crippen molar-refractivity contribution in [2.75, 3.05) is 20.3 Å². The van der Waals surface area contributed by atoms with Crippen LogP contribution >= 0.6 is 11.8 Å². The molecule has 0 aromatic heterocycles. The highest BCUT2D eigenvalue weighted by atomic mass is 32.2. The van der Waals surface area contributed by atoms with Crippen molar-refractivity contribution in [2.24, 2.45) is 4.99 Å². The lowest BCUT2D eigenvalue weighted by atomic mass is 10.1. The minimum absolute atomic E-state index is 0.0266. The third kappa shape index (κ3) is 5.91. The Morgan fingerprint density at radius 3 is 2.55 bits per heavy atom. The van der Waals surface area contributed by atoms with E-state index in [1.54, 1.807) is 12.0 Å². The highest BCUT2D eigenvalue weighted by Crippen LogP contribution is 2.38. The van der Waals surface area contributed by atoms with Gasteiger partial charge in [-0.2, -0.15) is 0 Å². The van der Waals surface area contributed by atoms with Crippen LogP contribution in [0.1, 0.15) is 45.1 Å². The molecular weight excluding hydrogens is 408 g/mol. The van der Waals surface area contributed by atoms with Gasteiger partial charge in [-0.1, -0.05) is 57.0 Å². The molecule has 6 heteroatoms. The van der Waals surface area contributed by atoms with E-state index in [-0.39, 0.29) is 5.91 Å². The predicted octanol–water partition coefficient (Wildman–Crippen LogP) is 6.28. The molecule has 1 fully saturated rings. The van der Waals surface area contributed by atoms with Crippen LogP contribution in [0.5, 0.6) is 11.5 Å². The lowest BCUT2D eigenvalue weighted by Crippen LogP contribution is -2.29. The van der Waals surface area contributed by atoms with E-state index in [2.05, 4.69) is 13.8 Å². The molecule has 0 atom stereocenters. The van der Waals surface area contributed by atoms with E-state index in [0.29, 0.717) is 34.7 Å². The number of thioether (sulfide) groups is 1. The van der Waals surface area contributed by atoms with Gasteiger partial charge in [0.15, 0.2) is 16.7 Å². The molecule has 0 bridgehead atoms. The van der Waals surface area contributed by atoms with Gasteiger partial charge in [0.25, 0.3) is 5.91 Å². The Balaban J connectivity index is 1.92. The molecule has 31 heavy (non-hydrogen) atoms. The topological polar surface area (TPSA) is 51.1 Å². The van der Waals surface area contributed by atoms with E-state index in [9.17, 15) is 4.79 Å². The molecule has 0 saturated carbocycles. The molecule has 1 aliphatic heterocycles. The number of unbranched alkanes of at least 4 members (excludes halogenated alkanes) is 2. The minimum Gasteiger partial charge on any atom is -0.493 e. The summed E-state index contributed by atoms with van der Waals surface area (Å²) in [7, 11) is 1.63. The van der Waals surface area contributed by atoms with Crippen molar-refractivity contribution < 1.29 is 14.3 Å². The second-order valence-corrected chi connectivity index (χ2v) is 8.24. The number of rotatable bonds is 10. The van der Waals surface area contributed by atoms with E-state index in [1.165, 1.54) is 11.8 Å². The number of ether oxygens (including phenoxy) is 2. The Bertz CT molecular complexity index is 941. The lowest BCUT2D eigenvalue weighted by Gasteiger charge is -2.14. The smallest absolute Gasteiger partial charge is 0.266 e. The average molecular weight is 439 g/mol. The van der Waals surface area contributed by atoms with Crippen molar-refractivity contribution in [1.29, 1.82) is 0 Å². The van der Waals surface area contributed by atoms with Crippen LogP contribution in [0, 0.1) is 0 Å². The van der Waals surface area contributed by atoms with Gasteiger partial charge in [-0.15, -0.1) is 0 Å². The van der Waals surface area contributed by atoms with Gasteiger partial charge in [-0.25, -0.2) is 4.99 Å². The van der Waals surface area contributed by atoms with Crippen LogP contribution in [0.4, 0.5) is 5.69 Å². The van der Waals surface area contributed by atoms with Crippen LogP contribution in [0.25, 0.3) is 6.08 Å². The van der Waals surface area contributed by atoms with E-state index >= 15 is 0 Å². The third-order valence-electron chi connectivity index (χ3n) is 4.83. The van der Waals surface area contributed by atoms with E-state index < -0.39 is 0 Å². The summed E-state index contributed by atoms with van der Waals surface area (Å²) in [5, 5.41) is 0.706. The number of hydrogen-bond donors (Lipinski definition) is 0. The number of carbonyl (C=O) groups excluding carboxylic acids is 1. The molecule has 0 aliphatic carbocycles. The Hall–Kier alpha value is -2.73. The largest absolute Gasteiger partial charge is 0.493 e. The minimum atomic E-state index is -0.0266. The predicted molar refractivity (Wildman–Crippen MR) is 129 cm³/mol. The van der Waals surface area contributed by atoms with Crippen molar-refractivity contribution in [3.05, 3.63) is 59.0 Å². The van der Waals surface area contributed by atoms with Gasteiger partial charge < -0.3 is 9.47 Å². The fourth-order valence-corrected chi connectivity index (χ4v) is 4.27. The summed E-state index contributed by atoms with van der Waals surface area (Å²) < 4.78 is 11.6. The van der Waals surface area contributed by atoms with Gasteiger partial charge in [0, 0.05) is 12.1 Å². The zero-order valence-electron chi connectivity index (χ0n) is 18.5. The maximum atomic E-state index is 13.1. The fourth-order valence-electron chi connectivity index (χ4n) is 3.25. The summed E-state index contributed by atoms with van der Waals surface area (Å²) >= 11 is 1.40. The number of benzene rings is 2. The molecule has 2 aromatic carbocycles. The van der Waals surface area contributed by atoms with E-state index in [1.807, 2.05) is 54.6 Å². The zero-order valence-corrected chi connectivity index (χ0v) is 19.3. The van der Waals surface area contributed by atoms with Crippen LogP contribution in [-0.4, -0.2) is 36.2 Å². The number of methoxy groups -OCH3 is 1. The molecule has 3 rings (SSSR count). The number of aliphatic imine (C=N–C) groups is 1. The Kier molecular flexibility index (Phi) is 8.59. The normalized spacial score (nSPS) is 16.4. The summed E-state index contributed by atoms with van der Waals surface area (Å²) in [5.74, 6) is 1.32. The van der Waals surface area contributed by atoms with Crippen molar-refractivity contribution in [3.8, 4) is 11.5 Å². The lowest BCUT2D eigenvalue weighted by molar-refractivity contribution is -0.122. The summed E-state index contributed by atoms with van der Waals surface area (Å²) in [5.41, 5.74) is 1.67. The van der Waals surface area contributed by atoms with Gasteiger partial charge in [0.05, 0.1) is 24.3 Å². The standard InChI is InChI=1S/C25H30N2O3S/c1-4-6-10-17-30-23-19(12-11-15-21(23)29-3)18-22-24(28)27(16-5-2)25(31-22)26-20-13-8-7-9-14-20/h7-9,11-15,18H,4-6,10,16-17H2,1-3H3/b22-18+,26-25?. The van der Waals surface area contributed by atoms with Gasteiger partial charge in [-0.3, -0.25) is 9.69 Å². The fraction of sp³-hybridized carbons (Fsp3) is 0.360. The van der Waals surface area contributed by atoms with Gasteiger partial charge >= 0.3 is 0 Å². The summed E-state index contributed by atoms with van der Waals surface area (Å²) in [6.07, 6.45) is 5.98. The third-order valence-corrected chi connectivity index (χ3v) is 5.83. The first-order chi connectivity index (χ1) is 15.2. The maximum Gasteiger partial charge on any atom is 0.266 e. The zero-order chi connectivity index (χ0) is 22.1. The molecule has 1 amide bonds. The van der Waals surface area contributed by atoms with Crippen LogP contribution in [0.3, 0.4) is 0 Å². The molecule has 1 saturated heterocycles.